The van der Waals surface area contributed by atoms with Gasteiger partial charge < -0.3 is 9.47 Å². The van der Waals surface area contributed by atoms with Crippen molar-refractivity contribution < 1.29 is 27.1 Å². The molecule has 0 aromatic heterocycles. The normalized spacial score (nSPS) is 16.5. The van der Waals surface area contributed by atoms with Crippen LogP contribution >= 0.6 is 11.8 Å². The van der Waals surface area contributed by atoms with Crippen molar-refractivity contribution in [3.05, 3.63) is 77.1 Å². The van der Waals surface area contributed by atoms with Gasteiger partial charge in [-0.3, -0.25) is 10.2 Å². The number of methoxy groups -OCH3 is 1. The summed E-state index contributed by atoms with van der Waals surface area (Å²) < 4.78 is 48.9. The Bertz CT molecular complexity index is 1480. The SMILES string of the molecule is C=CCc1cc(/C=C2/C(=N)N3N=C(S(C)(=O)=O)SC3=NC2=O)cc(OC)c1OCc1ccccc1F. The number of fused-ring (bicyclic) bond motifs is 1. The highest BCUT2D eigenvalue weighted by atomic mass is 32.3. The molecular formula is C24H21FN4O5S2. The minimum Gasteiger partial charge on any atom is -0.493 e. The number of hydrazone groups is 1. The van der Waals surface area contributed by atoms with Gasteiger partial charge in [-0.2, -0.15) is 10.0 Å². The molecule has 12 heteroatoms. The van der Waals surface area contributed by atoms with E-state index in [2.05, 4.69) is 16.7 Å². The van der Waals surface area contributed by atoms with E-state index in [-0.39, 0.29) is 33.4 Å². The number of aliphatic imine (C=N–C) groups is 1. The molecule has 1 amide bonds. The first-order valence-corrected chi connectivity index (χ1v) is 13.2. The minimum atomic E-state index is -3.63. The van der Waals surface area contributed by atoms with E-state index in [4.69, 9.17) is 14.9 Å². The number of amides is 1. The lowest BCUT2D eigenvalue weighted by Gasteiger charge is -2.20. The molecule has 2 aromatic carbocycles. The molecule has 0 radical (unpaired) electrons. The zero-order chi connectivity index (χ0) is 26.0. The van der Waals surface area contributed by atoms with Crippen LogP contribution in [-0.2, 0) is 27.7 Å². The zero-order valence-corrected chi connectivity index (χ0v) is 21.0. The van der Waals surface area contributed by atoms with E-state index in [0.717, 1.165) is 11.3 Å². The lowest BCUT2D eigenvalue weighted by atomic mass is 10.0. The molecular weight excluding hydrogens is 507 g/mol. The number of benzene rings is 2. The van der Waals surface area contributed by atoms with Gasteiger partial charge in [0.25, 0.3) is 5.91 Å². The Kier molecular flexibility index (Phi) is 7.09. The van der Waals surface area contributed by atoms with Gasteiger partial charge in [0, 0.05) is 17.4 Å². The molecule has 186 valence electrons. The first-order chi connectivity index (χ1) is 17.1. The molecule has 0 aliphatic carbocycles. The number of ether oxygens (including phenoxy) is 2. The van der Waals surface area contributed by atoms with E-state index in [0.29, 0.717) is 46.4 Å². The van der Waals surface area contributed by atoms with Crippen molar-refractivity contribution in [3.8, 4) is 11.5 Å². The van der Waals surface area contributed by atoms with Crippen molar-refractivity contribution in [1.82, 2.24) is 5.01 Å². The molecule has 0 spiro atoms. The molecule has 0 fully saturated rings. The second-order valence-electron chi connectivity index (χ2n) is 7.74. The van der Waals surface area contributed by atoms with Crippen LogP contribution in [0.2, 0.25) is 0 Å². The Labute approximate surface area is 211 Å². The summed E-state index contributed by atoms with van der Waals surface area (Å²) in [7, 11) is -2.18. The molecule has 1 N–H and O–H groups in total. The summed E-state index contributed by atoms with van der Waals surface area (Å²) in [5, 5.41) is 13.4. The van der Waals surface area contributed by atoms with E-state index in [9.17, 15) is 17.6 Å². The average Bonchev–Trinajstić information content (AvgIpc) is 3.27. The number of amidine groups is 2. The molecule has 0 bridgehead atoms. The fraction of sp³-hybridized carbons (Fsp3) is 0.167. The third-order valence-electron chi connectivity index (χ3n) is 5.13. The Morgan fingerprint density at radius 1 is 1.25 bits per heavy atom. The fourth-order valence-corrected chi connectivity index (χ4v) is 5.13. The molecule has 0 atom stereocenters. The van der Waals surface area contributed by atoms with Crippen molar-refractivity contribution in [2.24, 2.45) is 10.1 Å². The first-order valence-electron chi connectivity index (χ1n) is 10.5. The van der Waals surface area contributed by atoms with Gasteiger partial charge in [0.05, 0.1) is 12.7 Å². The quantitative estimate of drug-likeness (QED) is 0.429. The maximum Gasteiger partial charge on any atom is 0.283 e. The van der Waals surface area contributed by atoms with Crippen molar-refractivity contribution in [2.45, 2.75) is 13.0 Å². The second-order valence-corrected chi connectivity index (χ2v) is 10.9. The van der Waals surface area contributed by atoms with Gasteiger partial charge in [-0.25, -0.2) is 12.8 Å². The van der Waals surface area contributed by atoms with Crippen LogP contribution in [0.4, 0.5) is 4.39 Å². The largest absolute Gasteiger partial charge is 0.493 e. The number of sulfone groups is 1. The van der Waals surface area contributed by atoms with Crippen LogP contribution in [0.15, 0.2) is 64.7 Å². The van der Waals surface area contributed by atoms with Crippen molar-refractivity contribution in [3.63, 3.8) is 0 Å². The number of rotatable bonds is 7. The molecule has 0 unspecified atom stereocenters. The Balaban J connectivity index is 1.70. The van der Waals surface area contributed by atoms with Gasteiger partial charge in [-0.1, -0.05) is 24.3 Å². The predicted molar refractivity (Wildman–Crippen MR) is 137 cm³/mol. The third-order valence-corrected chi connectivity index (χ3v) is 7.71. The van der Waals surface area contributed by atoms with Gasteiger partial charge >= 0.3 is 0 Å². The summed E-state index contributed by atoms with van der Waals surface area (Å²) in [6.45, 7) is 3.74. The highest BCUT2D eigenvalue weighted by Crippen LogP contribution is 2.36. The summed E-state index contributed by atoms with van der Waals surface area (Å²) in [5.41, 5.74) is 1.47. The van der Waals surface area contributed by atoms with E-state index in [1.165, 1.54) is 19.3 Å². The number of hydrogen-bond donors (Lipinski definition) is 1. The number of thioether (sulfide) groups is 1. The maximum atomic E-state index is 14.1. The first kappa shape index (κ1) is 25.3. The lowest BCUT2D eigenvalue weighted by molar-refractivity contribution is -0.114. The Hall–Kier alpha value is -3.77. The van der Waals surface area contributed by atoms with Crippen LogP contribution in [0.25, 0.3) is 6.08 Å². The third kappa shape index (κ3) is 5.09. The number of carbonyl (C=O) groups is 1. The van der Waals surface area contributed by atoms with Crippen LogP contribution in [0, 0.1) is 11.2 Å². The van der Waals surface area contributed by atoms with Crippen LogP contribution in [-0.4, -0.2) is 48.1 Å². The predicted octanol–water partition coefficient (Wildman–Crippen LogP) is 3.76. The lowest BCUT2D eigenvalue weighted by Crippen LogP contribution is -2.35. The number of nitrogens with one attached hydrogen (secondary N) is 1. The van der Waals surface area contributed by atoms with Gasteiger partial charge in [-0.05, 0) is 48.0 Å². The van der Waals surface area contributed by atoms with Gasteiger partial charge in [-0.15, -0.1) is 11.7 Å². The molecule has 36 heavy (non-hydrogen) atoms. The fourth-order valence-electron chi connectivity index (χ4n) is 3.45. The molecule has 0 saturated carbocycles. The van der Waals surface area contributed by atoms with Crippen LogP contribution in [0.3, 0.4) is 0 Å². The van der Waals surface area contributed by atoms with Crippen LogP contribution in [0.1, 0.15) is 16.7 Å². The monoisotopic (exact) mass is 528 g/mol. The van der Waals surface area contributed by atoms with E-state index in [1.54, 1.807) is 36.4 Å². The van der Waals surface area contributed by atoms with Crippen LogP contribution < -0.4 is 9.47 Å². The van der Waals surface area contributed by atoms with E-state index in [1.807, 2.05) is 0 Å². The summed E-state index contributed by atoms with van der Waals surface area (Å²) >= 11 is 0.714. The molecule has 9 nitrogen and oxygen atoms in total. The number of carbonyl (C=O) groups excluding carboxylic acids is 1. The van der Waals surface area contributed by atoms with E-state index < -0.39 is 15.7 Å². The molecule has 2 aromatic rings. The molecule has 4 rings (SSSR count). The molecule has 0 saturated heterocycles. The topological polar surface area (TPSA) is 121 Å². The van der Waals surface area contributed by atoms with Crippen LogP contribution in [0.5, 0.6) is 11.5 Å². The number of hydrogen-bond acceptors (Lipinski definition) is 8. The van der Waals surface area contributed by atoms with Gasteiger partial charge in [0.2, 0.25) is 19.4 Å². The summed E-state index contributed by atoms with van der Waals surface area (Å²) in [4.78, 5) is 16.6. The van der Waals surface area contributed by atoms with Crippen molar-refractivity contribution in [2.75, 3.05) is 13.4 Å². The standard InChI is InChI=1S/C24H21FN4O5S2/c1-4-7-15-10-14(12-19(33-2)20(15)34-13-16-8-5-6-9-18(16)25)11-17-21(26)29-23(27-22(17)30)35-24(28-29)36(3,31)32/h4-6,8-12,26H,1,7,13H2,2-3H3/b17-11-,26-21?. The maximum absolute atomic E-state index is 14.1. The summed E-state index contributed by atoms with van der Waals surface area (Å²) in [6, 6.07) is 9.62. The summed E-state index contributed by atoms with van der Waals surface area (Å²) in [6.07, 6.45) is 4.48. The number of halogens is 1. The molecule has 2 aliphatic heterocycles. The minimum absolute atomic E-state index is 0.00407. The number of allylic oxidation sites excluding steroid dienone is 1. The molecule has 2 heterocycles. The Morgan fingerprint density at radius 2 is 2.00 bits per heavy atom. The molecule has 2 aliphatic rings. The van der Waals surface area contributed by atoms with Crippen molar-refractivity contribution in [1.29, 1.82) is 5.41 Å². The summed E-state index contributed by atoms with van der Waals surface area (Å²) in [5.74, 6) is -0.663. The second kappa shape index (κ2) is 10.1. The number of nitrogens with zero attached hydrogens (tertiary/aromatic N) is 3. The average molecular weight is 529 g/mol. The highest BCUT2D eigenvalue weighted by Gasteiger charge is 2.38. The van der Waals surface area contributed by atoms with Crippen molar-refractivity contribution >= 4 is 49.0 Å². The van der Waals surface area contributed by atoms with Gasteiger partial charge in [0.1, 0.15) is 12.4 Å². The highest BCUT2D eigenvalue weighted by molar-refractivity contribution is 8.42. The zero-order valence-electron chi connectivity index (χ0n) is 19.3. The van der Waals surface area contributed by atoms with Gasteiger partial charge in [0.15, 0.2) is 17.3 Å². The Morgan fingerprint density at radius 3 is 2.67 bits per heavy atom. The smallest absolute Gasteiger partial charge is 0.283 e. The van der Waals surface area contributed by atoms with E-state index >= 15 is 0 Å².